The number of nitrogens with one attached hydrogen (secondary N) is 6. The number of halogens is 10. The van der Waals surface area contributed by atoms with Crippen molar-refractivity contribution in [2.24, 2.45) is 5.73 Å². The number of fused-ring (bicyclic) bond motifs is 6. The quantitative estimate of drug-likeness (QED) is 0.0224. The molecular weight excluding hydrogens is 2160 g/mol. The molecule has 0 radical (unpaired) electrons. The lowest BCUT2D eigenvalue weighted by Crippen LogP contribution is -2.12. The monoisotopic (exact) mass is 2250 g/mol. The third kappa shape index (κ3) is 24.1. The minimum Gasteiger partial charge on any atom is -0.398 e. The number of Topliss-reactive ketones (excluding diaryl/α,β-unsaturated/α-hetero) is 6. The number of hydrogen-bond acceptors (Lipinski definition) is 35. The summed E-state index contributed by atoms with van der Waals surface area (Å²) in [6, 6.07) is 36.4. The van der Waals surface area contributed by atoms with Crippen molar-refractivity contribution in [2.75, 3.05) is 88.3 Å². The molecule has 45 heteroatoms. The molecule has 30 nitrogen and oxygen atoms in total. The summed E-state index contributed by atoms with van der Waals surface area (Å²) in [5, 5.41) is 26.6. The van der Waals surface area contributed by atoms with E-state index in [1.165, 1.54) is 63.6 Å². The second kappa shape index (κ2) is 47.8. The minimum atomic E-state index is -0.0800. The number of thiophene rings is 5. The zero-order valence-corrected chi connectivity index (χ0v) is 91.8. The number of aromatic nitrogens is 12. The Morgan fingerprint density at radius 1 is 0.349 bits per heavy atom. The Hall–Kier alpha value is -12.1. The van der Waals surface area contributed by atoms with Gasteiger partial charge in [0.25, 0.3) is 0 Å². The van der Waals surface area contributed by atoms with Crippen LogP contribution < -0.4 is 66.3 Å². The highest BCUT2D eigenvalue weighted by atomic mass is 35.5. The van der Waals surface area contributed by atoms with E-state index in [0.29, 0.717) is 292 Å². The van der Waals surface area contributed by atoms with Crippen molar-refractivity contribution < 1.29 is 28.8 Å². The van der Waals surface area contributed by atoms with Crippen LogP contribution in [0.2, 0.25) is 50.2 Å². The third-order valence-electron chi connectivity index (χ3n) is 22.4. The largest absolute Gasteiger partial charge is 0.398 e. The molecule has 146 heavy (non-hydrogen) atoms. The minimum absolute atomic E-state index is 0.00212. The van der Waals surface area contributed by atoms with Crippen LogP contribution in [0.25, 0.3) is 124 Å². The first-order valence-corrected chi connectivity index (χ1v) is 53.3. The van der Waals surface area contributed by atoms with Crippen molar-refractivity contribution in [3.63, 3.8) is 0 Å². The average molecular weight is 2250 g/mol. The number of carbonyl (C=O) groups excluding carboxylic acids is 6. The molecule has 0 saturated heterocycles. The molecule has 19 rings (SSSR count). The number of ketones is 6. The fraction of sp³-hybridized carbons (Fsp3) is 0.228. The number of carbonyl (C=O) groups is 6. The molecule has 1 saturated carbocycles. The topological polar surface area (TPSA) is 485 Å². The lowest BCUT2D eigenvalue weighted by molar-refractivity contribution is -0.115. The number of benzene rings is 6. The van der Waals surface area contributed by atoms with Gasteiger partial charge in [0.1, 0.15) is 24.2 Å². The van der Waals surface area contributed by atoms with Gasteiger partial charge in [-0.15, -0.1) is 56.7 Å². The zero-order valence-electron chi connectivity index (χ0n) is 80.2. The summed E-state index contributed by atoms with van der Waals surface area (Å²) in [5.41, 5.74) is 50.8. The van der Waals surface area contributed by atoms with Crippen LogP contribution in [0.15, 0.2) is 127 Å². The molecule has 11 aromatic heterocycles. The number of nitrogens with zero attached hydrogens (tertiary/aromatic N) is 12. The van der Waals surface area contributed by atoms with Gasteiger partial charge >= 0.3 is 0 Å². The summed E-state index contributed by atoms with van der Waals surface area (Å²) in [6.07, 6.45) is 4.58. The van der Waals surface area contributed by atoms with E-state index in [1.54, 1.807) is 81.8 Å². The predicted octanol–water partition coefficient (Wildman–Crippen LogP) is 28.1. The smallest absolute Gasteiger partial charge is 0.224 e. The molecule has 0 atom stereocenters. The van der Waals surface area contributed by atoms with Crippen molar-refractivity contribution in [3.8, 4) is 67.5 Å². The summed E-state index contributed by atoms with van der Waals surface area (Å²) in [4.78, 5) is 133. The van der Waals surface area contributed by atoms with Gasteiger partial charge in [0.15, 0.2) is 34.7 Å². The fourth-order valence-corrected chi connectivity index (χ4v) is 22.1. The van der Waals surface area contributed by atoms with E-state index in [-0.39, 0.29) is 40.7 Å². The van der Waals surface area contributed by atoms with Gasteiger partial charge in [0, 0.05) is 140 Å². The molecule has 0 amide bonds. The number of rotatable bonds is 26. The molecule has 2 aliphatic rings. The zero-order chi connectivity index (χ0) is 105. The van der Waals surface area contributed by atoms with E-state index >= 15 is 0 Å². The van der Waals surface area contributed by atoms with Crippen molar-refractivity contribution in [2.45, 2.75) is 126 Å². The summed E-state index contributed by atoms with van der Waals surface area (Å²) >= 11 is 67.4. The fourth-order valence-electron chi connectivity index (χ4n) is 15.1. The van der Waals surface area contributed by atoms with Gasteiger partial charge in [-0.2, -0.15) is 0 Å². The highest BCUT2D eigenvalue weighted by Gasteiger charge is 2.33. The SMILES string of the molecule is CCC(=O)C1=C(N)c2c(nc(NC)nc2-c2ccc(Cl)c(Cl)c2)C1.CCC(=O)c1sc2nc(NC(C)C)nc(-c3ccc(Cl)c(Cl)c3)c2c1N.CCC(=O)c1sc2nc(NC)nc(-c3cccc(Cl)c3)c2c1N.CCC(=O)c1sc2nc(NC3CC3)nc(-c3ccc(Cl)c(Cl)c3)c2c1N.CCNc1nc(-c2ccc(Cl)c(Cl)c2)c2c(N)c(C(=O)CC)sc2n1.CNc1nc(-c2cccc(Cl)c2)c2c(N)c(C(C)=O)sc2n1. The van der Waals surface area contributed by atoms with Crippen LogP contribution >= 0.6 is 173 Å². The molecule has 0 aliphatic heterocycles. The Balaban J connectivity index is 0.000000139. The number of anilines is 11. The van der Waals surface area contributed by atoms with Crippen LogP contribution in [0.1, 0.15) is 167 Å². The lowest BCUT2D eigenvalue weighted by atomic mass is 10.0. The van der Waals surface area contributed by atoms with Crippen molar-refractivity contribution in [3.05, 3.63) is 213 Å². The van der Waals surface area contributed by atoms with E-state index in [1.807, 2.05) is 116 Å². The Kier molecular flexibility index (Phi) is 35.9. The summed E-state index contributed by atoms with van der Waals surface area (Å²) in [5.74, 6) is 2.84. The molecule has 754 valence electrons. The summed E-state index contributed by atoms with van der Waals surface area (Å²) in [6.45, 7) is 17.2. The number of nitrogen functional groups attached to an aromatic ring is 5. The molecule has 6 aromatic carbocycles. The van der Waals surface area contributed by atoms with Crippen molar-refractivity contribution in [1.82, 2.24) is 59.8 Å². The Labute approximate surface area is 908 Å². The maximum Gasteiger partial charge on any atom is 0.224 e. The first-order chi connectivity index (χ1) is 69.7. The van der Waals surface area contributed by atoms with Gasteiger partial charge < -0.3 is 66.3 Å². The van der Waals surface area contributed by atoms with Gasteiger partial charge in [-0.05, 0) is 106 Å². The molecular formula is C101H94Cl10N24O6S5. The molecule has 0 unspecified atom stereocenters. The van der Waals surface area contributed by atoms with Crippen LogP contribution in [0, 0.1) is 0 Å². The first-order valence-electron chi connectivity index (χ1n) is 45.5. The van der Waals surface area contributed by atoms with Gasteiger partial charge in [-0.1, -0.05) is 199 Å². The van der Waals surface area contributed by atoms with Crippen LogP contribution in [0.3, 0.4) is 0 Å². The molecule has 17 aromatic rings. The van der Waals surface area contributed by atoms with Crippen LogP contribution in [-0.2, 0) is 11.2 Å². The standard InChI is InChI=1S/C18H16Cl2N4OS.C18H18Cl2N4OS.C17H16Cl2N4OS.C17H16Cl2N4O.C16H15ClN4OS.C15H13ClN4OS/c1-2-12(25)16-14(21)13-15(8-3-6-10(19)11(20)7-8)23-18(22-9-4-5-9)24-17(13)26-16;1-4-12(25)16-14(21)13-15(9-5-6-10(19)11(20)7-9)23-18(22-8(2)3)24-17(13)26-16;1-3-11(24)15-13(20)12-14(8-5-6-9(18)10(19)7-8)22-17(21-4-2)23-16(12)25-15;1-3-13(24)9-7-12-14(15(9)20)16(23-17(21-2)22-12)8-4-5-10(18)11(19)6-8;1-3-10(22)14-12(18)11-13(8-5-4-6-9(17)7-8)20-16(19-2)21-15(11)23-14;1-7(21)13-11(17)10-12(8-4-3-5-9(16)6-8)19-15(18-2)20-14(10)22-13/h3,6-7,9H,2,4-5,21H2,1H3,(H,22,23,24);5-8H,4,21H2,1-3H3,(H,22,23,24);5-7H,3-4,20H2,1-2H3,(H,21,22,23);4-6H,3,7,20H2,1-2H3,(H,21,22,23);4-7H,3,18H2,1-2H3,(H,19,20,21);3-6H,17H2,1-2H3,(H,18,19,20). The van der Waals surface area contributed by atoms with E-state index in [4.69, 9.17) is 150 Å². The van der Waals surface area contributed by atoms with Gasteiger partial charge in [0.2, 0.25) is 35.7 Å². The number of allylic oxidation sites excluding steroid dienone is 1. The lowest BCUT2D eigenvalue weighted by Gasteiger charge is -2.11. The normalized spacial score (nSPS) is 11.9. The first kappa shape index (κ1) is 110. The molecule has 2 aliphatic carbocycles. The highest BCUT2D eigenvalue weighted by molar-refractivity contribution is 7.23. The molecule has 18 N–H and O–H groups in total. The maximum atomic E-state index is 12.3. The van der Waals surface area contributed by atoms with E-state index < -0.39 is 0 Å². The second-order valence-electron chi connectivity index (χ2n) is 32.9. The van der Waals surface area contributed by atoms with Crippen LogP contribution in [-0.4, -0.2) is 134 Å². The van der Waals surface area contributed by atoms with Gasteiger partial charge in [0.05, 0.1) is 165 Å². The van der Waals surface area contributed by atoms with E-state index in [0.717, 1.165) is 51.9 Å². The van der Waals surface area contributed by atoms with Crippen molar-refractivity contribution >= 4 is 328 Å². The Morgan fingerprint density at radius 3 is 0.966 bits per heavy atom. The molecule has 11 heterocycles. The Morgan fingerprint density at radius 2 is 0.644 bits per heavy atom. The average Bonchev–Trinajstić information content (AvgIpc) is 1.61. The molecule has 0 bridgehead atoms. The summed E-state index contributed by atoms with van der Waals surface area (Å²) in [7, 11) is 5.23. The highest BCUT2D eigenvalue weighted by Crippen LogP contribution is 2.49. The van der Waals surface area contributed by atoms with Crippen LogP contribution in [0.5, 0.6) is 0 Å². The van der Waals surface area contributed by atoms with Gasteiger partial charge in [-0.3, -0.25) is 28.8 Å². The number of hydrogen-bond donors (Lipinski definition) is 12. The van der Waals surface area contributed by atoms with E-state index in [9.17, 15) is 28.8 Å². The third-order valence-corrected chi connectivity index (χ3v) is 31.6. The molecule has 0 spiro atoms. The maximum absolute atomic E-state index is 12.3. The van der Waals surface area contributed by atoms with Crippen molar-refractivity contribution in [1.29, 1.82) is 0 Å². The van der Waals surface area contributed by atoms with Gasteiger partial charge in [-0.25, -0.2) is 59.8 Å². The number of nitrogens with two attached hydrogens (primary N) is 6. The predicted molar refractivity (Wildman–Crippen MR) is 611 cm³/mol. The summed E-state index contributed by atoms with van der Waals surface area (Å²) < 4.78 is 0. The second-order valence-corrected chi connectivity index (χ2v) is 42.0. The van der Waals surface area contributed by atoms with Crippen LogP contribution in [0.4, 0.5) is 64.1 Å². The van der Waals surface area contributed by atoms with E-state index in [2.05, 4.69) is 91.7 Å². The molecule has 1 fully saturated rings. The Bertz CT molecular complexity index is 7920.